The molecule has 1 rings (SSSR count). The van der Waals surface area contributed by atoms with Gasteiger partial charge in [0.2, 0.25) is 6.29 Å². The van der Waals surface area contributed by atoms with E-state index in [4.69, 9.17) is 5.73 Å². The zero-order valence-electron chi connectivity index (χ0n) is 5.41. The summed E-state index contributed by atoms with van der Waals surface area (Å²) in [6.07, 6.45) is 2.34. The number of nitrogens with two attached hydrogens (primary N) is 1. The van der Waals surface area contributed by atoms with Gasteiger partial charge < -0.3 is 5.73 Å². The Hall–Kier alpha value is -0.670. The molecule has 3 heteroatoms. The molecule has 0 fully saturated rings. The molecule has 1 aromatic heterocycles. The smallest absolute Gasteiger partial charge is 0.217 e. The summed E-state index contributed by atoms with van der Waals surface area (Å²) in [5.41, 5.74) is 6.46. The van der Waals surface area contributed by atoms with Crippen LogP contribution in [0.2, 0.25) is 0 Å². The van der Waals surface area contributed by atoms with Crippen molar-refractivity contribution in [1.82, 2.24) is 0 Å². The highest BCUT2D eigenvalue weighted by Gasteiger charge is 2.01. The average molecular weight is 154 g/mol. The van der Waals surface area contributed by atoms with E-state index >= 15 is 0 Å². The molecule has 0 aliphatic carbocycles. The van der Waals surface area contributed by atoms with Crippen LogP contribution in [0.1, 0.15) is 5.56 Å². The molecule has 0 spiro atoms. The Labute approximate surface area is 63.7 Å². The summed E-state index contributed by atoms with van der Waals surface area (Å²) < 4.78 is 0. The van der Waals surface area contributed by atoms with E-state index in [1.54, 1.807) is 17.6 Å². The molecule has 0 aliphatic heterocycles. The second-order valence-corrected chi connectivity index (χ2v) is 2.84. The van der Waals surface area contributed by atoms with Crippen LogP contribution in [0.25, 0.3) is 0 Å². The molecule has 0 aromatic carbocycles. The standard InChI is InChI=1S/C7H8NOS/c8-7(4-9)3-6-1-2-10-5-6/h1-2,5,7H,3,8H2. The SMILES string of the molecule is NC([C]=O)Cc1ccsc1. The topological polar surface area (TPSA) is 43.1 Å². The average Bonchev–Trinajstić information content (AvgIpc) is 2.40. The number of carbonyl (C=O) groups excluding carboxylic acids is 1. The third-order valence-corrected chi connectivity index (χ3v) is 1.92. The van der Waals surface area contributed by atoms with Crippen LogP contribution in [-0.4, -0.2) is 12.3 Å². The largest absolute Gasteiger partial charge is 0.321 e. The lowest BCUT2D eigenvalue weighted by Gasteiger charge is -1.97. The molecule has 2 nitrogen and oxygen atoms in total. The van der Waals surface area contributed by atoms with Gasteiger partial charge in [-0.15, -0.1) is 0 Å². The monoisotopic (exact) mass is 154 g/mol. The van der Waals surface area contributed by atoms with Gasteiger partial charge in [0.1, 0.15) is 0 Å². The van der Waals surface area contributed by atoms with Gasteiger partial charge in [-0.3, -0.25) is 4.79 Å². The lowest BCUT2D eigenvalue weighted by atomic mass is 10.1. The maximum atomic E-state index is 9.98. The van der Waals surface area contributed by atoms with E-state index in [-0.39, 0.29) is 0 Å². The minimum Gasteiger partial charge on any atom is -0.321 e. The molecule has 0 bridgehead atoms. The fraction of sp³-hybridized carbons (Fsp3) is 0.286. The van der Waals surface area contributed by atoms with Crippen molar-refractivity contribution in [2.45, 2.75) is 12.5 Å². The summed E-state index contributed by atoms with van der Waals surface area (Å²) in [5, 5.41) is 3.95. The molecule has 1 aromatic rings. The Morgan fingerprint density at radius 1 is 1.80 bits per heavy atom. The quantitative estimate of drug-likeness (QED) is 0.697. The van der Waals surface area contributed by atoms with Crippen molar-refractivity contribution >= 4 is 17.6 Å². The van der Waals surface area contributed by atoms with Crippen LogP contribution in [0.5, 0.6) is 0 Å². The first-order valence-corrected chi connectivity index (χ1v) is 3.91. The molecule has 2 N–H and O–H groups in total. The number of rotatable bonds is 3. The first-order valence-electron chi connectivity index (χ1n) is 2.97. The third-order valence-electron chi connectivity index (χ3n) is 1.19. The van der Waals surface area contributed by atoms with Crippen LogP contribution >= 0.6 is 11.3 Å². The number of thiophene rings is 1. The van der Waals surface area contributed by atoms with E-state index < -0.39 is 6.04 Å². The van der Waals surface area contributed by atoms with Crippen LogP contribution in [0.3, 0.4) is 0 Å². The summed E-state index contributed by atoms with van der Waals surface area (Å²) in [5.74, 6) is 0. The van der Waals surface area contributed by atoms with Gasteiger partial charge in [-0.25, -0.2) is 0 Å². The Morgan fingerprint density at radius 2 is 2.60 bits per heavy atom. The molecule has 1 atom stereocenters. The van der Waals surface area contributed by atoms with Gasteiger partial charge in [0.15, 0.2) is 0 Å². The number of hydrogen-bond donors (Lipinski definition) is 1. The molecule has 1 heterocycles. The highest BCUT2D eigenvalue weighted by atomic mass is 32.1. The van der Waals surface area contributed by atoms with Gasteiger partial charge in [-0.1, -0.05) is 0 Å². The molecule has 0 aliphatic rings. The predicted octanol–water partition coefficient (Wildman–Crippen LogP) is 0.728. The summed E-state index contributed by atoms with van der Waals surface area (Å²) in [6.45, 7) is 0. The second kappa shape index (κ2) is 3.49. The fourth-order valence-corrected chi connectivity index (χ4v) is 1.39. The van der Waals surface area contributed by atoms with Crippen molar-refractivity contribution in [2.75, 3.05) is 0 Å². The van der Waals surface area contributed by atoms with E-state index in [2.05, 4.69) is 0 Å². The zero-order chi connectivity index (χ0) is 7.40. The first kappa shape index (κ1) is 7.44. The highest BCUT2D eigenvalue weighted by Crippen LogP contribution is 2.06. The minimum absolute atomic E-state index is 0.463. The molecule has 0 amide bonds. The summed E-state index contributed by atoms with van der Waals surface area (Å²) >= 11 is 1.61. The molecule has 0 saturated heterocycles. The van der Waals surface area contributed by atoms with Gasteiger partial charge in [-0.05, 0) is 28.8 Å². The van der Waals surface area contributed by atoms with Gasteiger partial charge >= 0.3 is 0 Å². The second-order valence-electron chi connectivity index (χ2n) is 2.06. The van der Waals surface area contributed by atoms with E-state index in [1.807, 2.05) is 16.8 Å². The zero-order valence-corrected chi connectivity index (χ0v) is 6.23. The lowest BCUT2D eigenvalue weighted by Crippen LogP contribution is -2.23. The van der Waals surface area contributed by atoms with Gasteiger partial charge in [0.05, 0.1) is 6.04 Å². The molecule has 1 radical (unpaired) electrons. The van der Waals surface area contributed by atoms with Crippen molar-refractivity contribution in [1.29, 1.82) is 0 Å². The molecule has 10 heavy (non-hydrogen) atoms. The summed E-state index contributed by atoms with van der Waals surface area (Å²) in [7, 11) is 0. The first-order chi connectivity index (χ1) is 4.83. The number of hydrogen-bond acceptors (Lipinski definition) is 3. The van der Waals surface area contributed by atoms with E-state index in [1.165, 1.54) is 0 Å². The Balaban J connectivity index is 2.47. The van der Waals surface area contributed by atoms with Gasteiger partial charge in [0, 0.05) is 0 Å². The maximum absolute atomic E-state index is 9.98. The molecule has 0 saturated carbocycles. The Kier molecular flexibility index (Phi) is 2.59. The molecule has 53 valence electrons. The van der Waals surface area contributed by atoms with E-state index in [0.717, 1.165) is 5.56 Å². The molecule has 1 unspecified atom stereocenters. The van der Waals surface area contributed by atoms with Crippen molar-refractivity contribution < 1.29 is 4.79 Å². The van der Waals surface area contributed by atoms with Crippen LogP contribution in [0.15, 0.2) is 16.8 Å². The van der Waals surface area contributed by atoms with Gasteiger partial charge in [-0.2, -0.15) is 11.3 Å². The summed E-state index contributed by atoms with van der Waals surface area (Å²) in [6, 6.07) is 1.50. The maximum Gasteiger partial charge on any atom is 0.217 e. The third kappa shape index (κ3) is 1.93. The van der Waals surface area contributed by atoms with Crippen molar-refractivity contribution in [2.24, 2.45) is 5.73 Å². The predicted molar refractivity (Wildman–Crippen MR) is 41.7 cm³/mol. The minimum atomic E-state index is -0.463. The normalized spacial score (nSPS) is 12.9. The highest BCUT2D eigenvalue weighted by molar-refractivity contribution is 7.07. The van der Waals surface area contributed by atoms with Crippen molar-refractivity contribution in [3.05, 3.63) is 22.4 Å². The Morgan fingerprint density at radius 3 is 3.10 bits per heavy atom. The van der Waals surface area contributed by atoms with Crippen LogP contribution < -0.4 is 5.73 Å². The van der Waals surface area contributed by atoms with E-state index in [0.29, 0.717) is 6.42 Å². The van der Waals surface area contributed by atoms with Crippen LogP contribution in [-0.2, 0) is 11.2 Å². The van der Waals surface area contributed by atoms with Crippen LogP contribution in [0, 0.1) is 0 Å². The van der Waals surface area contributed by atoms with E-state index in [9.17, 15) is 4.79 Å². The lowest BCUT2D eigenvalue weighted by molar-refractivity contribution is 0.541. The summed E-state index contributed by atoms with van der Waals surface area (Å²) in [4.78, 5) is 9.98. The molecular formula is C7H8NOS. The van der Waals surface area contributed by atoms with Crippen molar-refractivity contribution in [3.63, 3.8) is 0 Å². The van der Waals surface area contributed by atoms with Crippen LogP contribution in [0.4, 0.5) is 0 Å². The Bertz CT molecular complexity index is 195. The fourth-order valence-electron chi connectivity index (χ4n) is 0.704. The van der Waals surface area contributed by atoms with Gasteiger partial charge in [0.25, 0.3) is 0 Å². The molecular weight excluding hydrogens is 146 g/mol. The van der Waals surface area contributed by atoms with Crippen molar-refractivity contribution in [3.8, 4) is 0 Å².